The lowest BCUT2D eigenvalue weighted by Gasteiger charge is -2.22. The highest BCUT2D eigenvalue weighted by Crippen LogP contribution is 2.20. The smallest absolute Gasteiger partial charge is 0.408 e. The molecule has 0 spiro atoms. The number of hydrogen-bond acceptors (Lipinski definition) is 11. The summed E-state index contributed by atoms with van der Waals surface area (Å²) in [6, 6.07) is 12.1. The average Bonchev–Trinajstić information content (AvgIpc) is 2.95. The van der Waals surface area contributed by atoms with Gasteiger partial charge in [0.15, 0.2) is 6.04 Å². The zero-order valence-corrected chi connectivity index (χ0v) is 26.0. The van der Waals surface area contributed by atoms with E-state index in [0.717, 1.165) is 0 Å². The highest BCUT2D eigenvalue weighted by atomic mass is 35.5. The summed E-state index contributed by atoms with van der Waals surface area (Å²) in [4.78, 5) is 35.1. The molecule has 0 saturated carbocycles. The van der Waals surface area contributed by atoms with E-state index in [9.17, 15) is 14.4 Å². The van der Waals surface area contributed by atoms with Crippen LogP contribution in [0.4, 0.5) is 4.79 Å². The molecule has 12 nitrogen and oxygen atoms in total. The van der Waals surface area contributed by atoms with Crippen LogP contribution < -0.4 is 20.5 Å². The van der Waals surface area contributed by atoms with Crippen molar-refractivity contribution >= 4 is 30.4 Å². The third kappa shape index (κ3) is 14.9. The fourth-order valence-corrected chi connectivity index (χ4v) is 3.10. The molecule has 0 fully saturated rings. The van der Waals surface area contributed by atoms with Gasteiger partial charge in [0.05, 0.1) is 27.4 Å². The summed E-state index contributed by atoms with van der Waals surface area (Å²) in [5, 5.41) is 2.52. The molecule has 0 aliphatic heterocycles. The maximum Gasteiger partial charge on any atom is 0.408 e. The van der Waals surface area contributed by atoms with E-state index in [-0.39, 0.29) is 12.4 Å². The van der Waals surface area contributed by atoms with E-state index < -0.39 is 35.7 Å². The van der Waals surface area contributed by atoms with Gasteiger partial charge in [-0.2, -0.15) is 0 Å². The summed E-state index contributed by atoms with van der Waals surface area (Å²) in [7, 11) is 5.77. The van der Waals surface area contributed by atoms with Crippen LogP contribution in [0.15, 0.2) is 48.5 Å². The zero-order valence-electron chi connectivity index (χ0n) is 25.2. The molecule has 2 unspecified atom stereocenters. The summed E-state index contributed by atoms with van der Waals surface area (Å²) in [5.74, 6) is 0.298. The van der Waals surface area contributed by atoms with Gasteiger partial charge in [-0.15, -0.1) is 12.4 Å². The number of rotatable bonds is 13. The third-order valence-corrected chi connectivity index (χ3v) is 5.12. The van der Waals surface area contributed by atoms with Crippen molar-refractivity contribution in [1.29, 1.82) is 0 Å². The number of halogens is 1. The first kappa shape index (κ1) is 38.4. The van der Waals surface area contributed by atoms with Crippen molar-refractivity contribution in [2.75, 3.05) is 54.9 Å². The molecule has 0 aliphatic carbocycles. The molecule has 0 radical (unpaired) electrons. The first-order valence-corrected chi connectivity index (χ1v) is 12.8. The van der Waals surface area contributed by atoms with Gasteiger partial charge in [0.1, 0.15) is 36.4 Å². The Hall–Kier alpha value is -3.58. The number of carbonyl (C=O) groups is 3. The topological polar surface area (TPSA) is 154 Å². The van der Waals surface area contributed by atoms with Gasteiger partial charge in [-0.1, -0.05) is 24.3 Å². The van der Waals surface area contributed by atoms with E-state index in [1.165, 1.54) is 14.2 Å². The van der Waals surface area contributed by atoms with E-state index in [2.05, 4.69) is 10.1 Å². The first-order chi connectivity index (χ1) is 19.4. The second-order valence-corrected chi connectivity index (χ2v) is 9.42. The van der Waals surface area contributed by atoms with Crippen LogP contribution in [0.2, 0.25) is 0 Å². The molecule has 0 bridgehead atoms. The SMILES string of the molecule is COCCOc1ccc(C(N)C(=O)OC)cc1.COCCOc1ccc(C(NC(=O)OC(C)(C)C)C(=O)OC)cc1.Cl. The molecule has 2 atom stereocenters. The Morgan fingerprint density at radius 3 is 1.52 bits per heavy atom. The highest BCUT2D eigenvalue weighted by molar-refractivity contribution is 5.85. The maximum absolute atomic E-state index is 12.0. The van der Waals surface area contributed by atoms with E-state index in [0.29, 0.717) is 49.1 Å². The fourth-order valence-electron chi connectivity index (χ4n) is 3.10. The number of benzene rings is 2. The number of nitrogens with two attached hydrogens (primary N) is 1. The van der Waals surface area contributed by atoms with Gasteiger partial charge in [-0.05, 0) is 56.2 Å². The number of esters is 2. The van der Waals surface area contributed by atoms with Crippen molar-refractivity contribution in [3.05, 3.63) is 59.7 Å². The van der Waals surface area contributed by atoms with Crippen molar-refractivity contribution in [1.82, 2.24) is 5.32 Å². The molecule has 2 aromatic carbocycles. The Morgan fingerprint density at radius 2 is 1.14 bits per heavy atom. The van der Waals surface area contributed by atoms with Crippen molar-refractivity contribution in [3.63, 3.8) is 0 Å². The van der Waals surface area contributed by atoms with Crippen molar-refractivity contribution < 1.29 is 47.5 Å². The zero-order chi connectivity index (χ0) is 30.8. The molecule has 2 aromatic rings. The summed E-state index contributed by atoms with van der Waals surface area (Å²) >= 11 is 0. The lowest BCUT2D eigenvalue weighted by atomic mass is 10.1. The molecule has 2 rings (SSSR count). The van der Waals surface area contributed by atoms with Crippen LogP contribution >= 0.6 is 12.4 Å². The lowest BCUT2D eigenvalue weighted by Crippen LogP contribution is -2.38. The minimum absolute atomic E-state index is 0. The van der Waals surface area contributed by atoms with E-state index in [4.69, 9.17) is 34.2 Å². The molecule has 13 heteroatoms. The Bertz CT molecular complexity index is 1060. The number of alkyl carbamates (subject to hydrolysis) is 1. The molecule has 0 heterocycles. The number of amides is 1. The normalized spacial score (nSPS) is 11.8. The Kier molecular flexibility index (Phi) is 18.6. The van der Waals surface area contributed by atoms with Gasteiger partial charge in [-0.25, -0.2) is 9.59 Å². The fraction of sp³-hybridized carbons (Fsp3) is 0.483. The third-order valence-electron chi connectivity index (χ3n) is 5.12. The number of nitrogens with one attached hydrogen (secondary N) is 1. The molecule has 3 N–H and O–H groups in total. The van der Waals surface area contributed by atoms with Gasteiger partial charge >= 0.3 is 18.0 Å². The molecule has 1 amide bonds. The summed E-state index contributed by atoms with van der Waals surface area (Å²) in [6.07, 6.45) is -0.696. The standard InChI is InChI=1S/C17H25NO6.C12H17NO4.ClH/c1-17(2,3)24-16(20)18-14(15(19)22-5)12-6-8-13(9-7-12)23-11-10-21-4;1-15-7-8-17-10-5-3-9(4-6-10)11(13)12(14)16-2;/h6-9,14H,10-11H2,1-5H3,(H,18,20);3-6,11H,7-8,13H2,1-2H3;1H. The Balaban J connectivity index is 0.000000825. The largest absolute Gasteiger partial charge is 0.491 e. The van der Waals surface area contributed by atoms with Crippen LogP contribution in [0.25, 0.3) is 0 Å². The highest BCUT2D eigenvalue weighted by Gasteiger charge is 2.26. The summed E-state index contributed by atoms with van der Waals surface area (Å²) in [5.41, 5.74) is 6.28. The van der Waals surface area contributed by atoms with Gasteiger partial charge in [0.2, 0.25) is 0 Å². The quantitative estimate of drug-likeness (QED) is 0.192. The first-order valence-electron chi connectivity index (χ1n) is 12.8. The van der Waals surface area contributed by atoms with Crippen molar-refractivity contribution in [2.45, 2.75) is 38.5 Å². The molecule has 0 aliphatic rings. The minimum Gasteiger partial charge on any atom is -0.491 e. The van der Waals surface area contributed by atoms with Crippen molar-refractivity contribution in [3.8, 4) is 11.5 Å². The molecular formula is C29H43ClN2O10. The van der Waals surface area contributed by atoms with Crippen LogP contribution in [0, 0.1) is 0 Å². The van der Waals surface area contributed by atoms with Gasteiger partial charge in [0, 0.05) is 14.2 Å². The number of carbonyl (C=O) groups excluding carboxylic acids is 3. The van der Waals surface area contributed by atoms with Crippen LogP contribution in [-0.4, -0.2) is 78.5 Å². The van der Waals surface area contributed by atoms with E-state index >= 15 is 0 Å². The van der Waals surface area contributed by atoms with Gasteiger partial charge in [0.25, 0.3) is 0 Å². The Morgan fingerprint density at radius 1 is 0.714 bits per heavy atom. The van der Waals surface area contributed by atoms with E-state index in [1.807, 2.05) is 0 Å². The molecule has 0 aromatic heterocycles. The predicted octanol–water partition coefficient (Wildman–Crippen LogP) is 3.76. The molecule has 42 heavy (non-hydrogen) atoms. The number of methoxy groups -OCH3 is 4. The number of hydrogen-bond donors (Lipinski definition) is 2. The van der Waals surface area contributed by atoms with E-state index in [1.54, 1.807) is 83.5 Å². The van der Waals surface area contributed by atoms with Crippen LogP contribution in [0.1, 0.15) is 44.0 Å². The van der Waals surface area contributed by atoms with Crippen LogP contribution in [0.3, 0.4) is 0 Å². The Labute approximate surface area is 253 Å². The van der Waals surface area contributed by atoms with Gasteiger partial charge < -0.3 is 44.2 Å². The van der Waals surface area contributed by atoms with Crippen LogP contribution in [-0.2, 0) is 33.3 Å². The predicted molar refractivity (Wildman–Crippen MR) is 158 cm³/mol. The molecular weight excluding hydrogens is 572 g/mol. The summed E-state index contributed by atoms with van der Waals surface area (Å²) < 4.78 is 35.1. The molecule has 236 valence electrons. The van der Waals surface area contributed by atoms with Crippen molar-refractivity contribution in [2.24, 2.45) is 5.73 Å². The second-order valence-electron chi connectivity index (χ2n) is 9.42. The number of ether oxygens (including phenoxy) is 7. The minimum atomic E-state index is -0.960. The monoisotopic (exact) mass is 614 g/mol. The average molecular weight is 615 g/mol. The molecule has 0 saturated heterocycles. The second kappa shape index (κ2) is 20.3. The lowest BCUT2D eigenvalue weighted by molar-refractivity contribution is -0.143. The maximum atomic E-state index is 12.0. The van der Waals surface area contributed by atoms with Gasteiger partial charge in [-0.3, -0.25) is 4.79 Å². The summed E-state index contributed by atoms with van der Waals surface area (Å²) in [6.45, 7) is 7.14. The van der Waals surface area contributed by atoms with Crippen LogP contribution in [0.5, 0.6) is 11.5 Å².